The van der Waals surface area contributed by atoms with Crippen LogP contribution in [0.1, 0.15) is 31.2 Å². The fraction of sp³-hybridized carbons (Fsp3) is 0.440. The second-order valence-corrected chi connectivity index (χ2v) is 9.09. The zero-order valence-corrected chi connectivity index (χ0v) is 18.8. The molecule has 3 heterocycles. The van der Waals surface area contributed by atoms with Crippen molar-refractivity contribution in [3.63, 3.8) is 0 Å². The summed E-state index contributed by atoms with van der Waals surface area (Å²) in [4.78, 5) is 17.4. The normalized spacial score (nSPS) is 18.4. The summed E-state index contributed by atoms with van der Waals surface area (Å²) in [5.74, 6) is 2.00. The summed E-state index contributed by atoms with van der Waals surface area (Å²) in [6.45, 7) is 7.07. The van der Waals surface area contributed by atoms with Crippen molar-refractivity contribution in [2.75, 3.05) is 49.1 Å². The third-order valence-electron chi connectivity index (χ3n) is 6.45. The molecule has 6 heteroatoms. The topological polar surface area (TPSA) is 35.5 Å². The van der Waals surface area contributed by atoms with Crippen LogP contribution in [0.5, 0.6) is 0 Å². The summed E-state index contributed by atoms with van der Waals surface area (Å²) in [7, 11) is 0. The number of benzene rings is 2. The molecule has 31 heavy (non-hydrogen) atoms. The maximum atomic E-state index is 6.02. The highest BCUT2D eigenvalue weighted by Crippen LogP contribution is 2.29. The second-order valence-electron chi connectivity index (χ2n) is 8.66. The van der Waals surface area contributed by atoms with Gasteiger partial charge in [-0.05, 0) is 42.7 Å². The van der Waals surface area contributed by atoms with Crippen molar-refractivity contribution in [3.05, 3.63) is 59.1 Å². The van der Waals surface area contributed by atoms with Crippen LogP contribution >= 0.6 is 11.6 Å². The summed E-state index contributed by atoms with van der Waals surface area (Å²) in [5.41, 5.74) is 2.36. The van der Waals surface area contributed by atoms with Gasteiger partial charge < -0.3 is 9.80 Å². The molecular weight excluding hydrogens is 406 g/mol. The zero-order chi connectivity index (χ0) is 21.0. The Bertz CT molecular complexity index is 1010. The van der Waals surface area contributed by atoms with Gasteiger partial charge in [-0.15, -0.1) is 0 Å². The van der Waals surface area contributed by atoms with Gasteiger partial charge in [-0.1, -0.05) is 48.7 Å². The largest absolute Gasteiger partial charge is 0.356 e. The lowest BCUT2D eigenvalue weighted by Gasteiger charge is -2.35. The lowest BCUT2D eigenvalue weighted by Crippen LogP contribution is -2.46. The maximum absolute atomic E-state index is 6.02. The van der Waals surface area contributed by atoms with Crippen LogP contribution in [0.2, 0.25) is 5.02 Å². The molecule has 0 unspecified atom stereocenters. The van der Waals surface area contributed by atoms with Gasteiger partial charge in [0.15, 0.2) is 0 Å². The standard InChI is InChI=1S/C25H30ClN5/c26-21-11-9-20(10-12-21)19-29-15-17-31(18-16-29)25-27-23-8-4-3-7-22(23)24(28-25)30-13-5-1-2-6-14-30/h3-4,7-12H,1-2,5-6,13-19H2. The van der Waals surface area contributed by atoms with Gasteiger partial charge in [0, 0.05) is 56.2 Å². The number of hydrogen-bond donors (Lipinski definition) is 0. The van der Waals surface area contributed by atoms with Gasteiger partial charge in [0.2, 0.25) is 5.95 Å². The Hall–Kier alpha value is -2.37. The molecule has 2 aliphatic rings. The predicted molar refractivity (Wildman–Crippen MR) is 129 cm³/mol. The Kier molecular flexibility index (Phi) is 6.23. The molecule has 0 saturated carbocycles. The van der Waals surface area contributed by atoms with Gasteiger partial charge in [0.1, 0.15) is 5.82 Å². The van der Waals surface area contributed by atoms with Crippen LogP contribution in [0.25, 0.3) is 10.9 Å². The maximum Gasteiger partial charge on any atom is 0.227 e. The summed E-state index contributed by atoms with van der Waals surface area (Å²) in [5, 5.41) is 1.97. The fourth-order valence-electron chi connectivity index (χ4n) is 4.67. The number of anilines is 2. The zero-order valence-electron chi connectivity index (χ0n) is 18.0. The number of piperazine rings is 1. The van der Waals surface area contributed by atoms with E-state index in [1.807, 2.05) is 12.1 Å². The van der Waals surface area contributed by atoms with Crippen molar-refractivity contribution >= 4 is 34.3 Å². The van der Waals surface area contributed by atoms with Gasteiger partial charge in [-0.3, -0.25) is 4.90 Å². The number of nitrogens with zero attached hydrogens (tertiary/aromatic N) is 5. The van der Waals surface area contributed by atoms with Crippen LogP contribution in [-0.2, 0) is 6.54 Å². The van der Waals surface area contributed by atoms with E-state index >= 15 is 0 Å². The van der Waals surface area contributed by atoms with Gasteiger partial charge in [-0.2, -0.15) is 4.98 Å². The number of halogens is 1. The van der Waals surface area contributed by atoms with Crippen molar-refractivity contribution in [2.24, 2.45) is 0 Å². The SMILES string of the molecule is Clc1ccc(CN2CCN(c3nc(N4CCCCCC4)c4ccccc4n3)CC2)cc1. The van der Waals surface area contributed by atoms with E-state index < -0.39 is 0 Å². The molecule has 0 bridgehead atoms. The third-order valence-corrected chi connectivity index (χ3v) is 6.70. The Balaban J connectivity index is 1.34. The number of para-hydroxylation sites is 1. The summed E-state index contributed by atoms with van der Waals surface area (Å²) >= 11 is 6.02. The van der Waals surface area contributed by atoms with Crippen molar-refractivity contribution < 1.29 is 0 Å². The highest BCUT2D eigenvalue weighted by molar-refractivity contribution is 6.30. The lowest BCUT2D eigenvalue weighted by molar-refractivity contribution is 0.249. The molecule has 0 aliphatic carbocycles. The fourth-order valence-corrected chi connectivity index (χ4v) is 4.79. The smallest absolute Gasteiger partial charge is 0.227 e. The molecule has 0 atom stereocenters. The molecule has 2 aliphatic heterocycles. The van der Waals surface area contributed by atoms with E-state index in [1.165, 1.54) is 36.6 Å². The van der Waals surface area contributed by atoms with Gasteiger partial charge in [0.25, 0.3) is 0 Å². The molecule has 5 nitrogen and oxygen atoms in total. The molecule has 2 saturated heterocycles. The number of aromatic nitrogens is 2. The quantitative estimate of drug-likeness (QED) is 0.577. The van der Waals surface area contributed by atoms with Gasteiger partial charge in [-0.25, -0.2) is 4.98 Å². The molecular formula is C25H30ClN5. The Labute approximate surface area is 189 Å². The molecule has 5 rings (SSSR count). The molecule has 0 spiro atoms. The predicted octanol–water partition coefficient (Wildman–Crippen LogP) is 4.99. The average molecular weight is 436 g/mol. The number of hydrogen-bond acceptors (Lipinski definition) is 5. The van der Waals surface area contributed by atoms with Crippen molar-refractivity contribution in [2.45, 2.75) is 32.2 Å². The second kappa shape index (κ2) is 9.41. The molecule has 3 aromatic rings. The van der Waals surface area contributed by atoms with E-state index in [1.54, 1.807) is 0 Å². The van der Waals surface area contributed by atoms with Crippen LogP contribution < -0.4 is 9.80 Å². The molecule has 2 aromatic carbocycles. The van der Waals surface area contributed by atoms with E-state index in [2.05, 4.69) is 51.1 Å². The van der Waals surface area contributed by atoms with Crippen LogP contribution in [0, 0.1) is 0 Å². The van der Waals surface area contributed by atoms with Gasteiger partial charge >= 0.3 is 0 Å². The molecule has 1 aromatic heterocycles. The molecule has 2 fully saturated rings. The average Bonchev–Trinajstić information content (AvgIpc) is 3.10. The monoisotopic (exact) mass is 435 g/mol. The minimum absolute atomic E-state index is 0.794. The van der Waals surface area contributed by atoms with E-state index in [0.717, 1.165) is 68.1 Å². The number of rotatable bonds is 4. The van der Waals surface area contributed by atoms with Crippen molar-refractivity contribution in [3.8, 4) is 0 Å². The van der Waals surface area contributed by atoms with E-state index in [9.17, 15) is 0 Å². The third kappa shape index (κ3) is 4.78. The van der Waals surface area contributed by atoms with Gasteiger partial charge in [0.05, 0.1) is 5.52 Å². The molecule has 0 radical (unpaired) electrons. The van der Waals surface area contributed by atoms with Crippen molar-refractivity contribution in [1.82, 2.24) is 14.9 Å². The minimum atomic E-state index is 0.794. The first-order chi connectivity index (χ1) is 15.3. The highest BCUT2D eigenvalue weighted by atomic mass is 35.5. The summed E-state index contributed by atoms with van der Waals surface area (Å²) in [6.07, 6.45) is 5.14. The Morgan fingerprint density at radius 3 is 2.16 bits per heavy atom. The summed E-state index contributed by atoms with van der Waals surface area (Å²) in [6, 6.07) is 16.7. The van der Waals surface area contributed by atoms with Crippen LogP contribution in [0.4, 0.5) is 11.8 Å². The molecule has 0 amide bonds. The minimum Gasteiger partial charge on any atom is -0.356 e. The first kappa shape index (κ1) is 20.5. The van der Waals surface area contributed by atoms with E-state index in [-0.39, 0.29) is 0 Å². The first-order valence-electron chi connectivity index (χ1n) is 11.5. The van der Waals surface area contributed by atoms with Crippen LogP contribution in [-0.4, -0.2) is 54.1 Å². The van der Waals surface area contributed by atoms with Crippen LogP contribution in [0.3, 0.4) is 0 Å². The van der Waals surface area contributed by atoms with Crippen molar-refractivity contribution in [1.29, 1.82) is 0 Å². The van der Waals surface area contributed by atoms with E-state index in [0.29, 0.717) is 0 Å². The van der Waals surface area contributed by atoms with Crippen LogP contribution in [0.15, 0.2) is 48.5 Å². The summed E-state index contributed by atoms with van der Waals surface area (Å²) < 4.78 is 0. The Morgan fingerprint density at radius 1 is 0.710 bits per heavy atom. The number of fused-ring (bicyclic) bond motifs is 1. The molecule has 0 N–H and O–H groups in total. The Morgan fingerprint density at radius 2 is 1.42 bits per heavy atom. The lowest BCUT2D eigenvalue weighted by atomic mass is 10.2. The highest BCUT2D eigenvalue weighted by Gasteiger charge is 2.22. The van der Waals surface area contributed by atoms with E-state index in [4.69, 9.17) is 21.6 Å². The first-order valence-corrected chi connectivity index (χ1v) is 11.9. The molecule has 162 valence electrons.